The lowest BCUT2D eigenvalue weighted by Gasteiger charge is -2.38. The van der Waals surface area contributed by atoms with Crippen LogP contribution in [0.4, 0.5) is 10.1 Å². The van der Waals surface area contributed by atoms with E-state index < -0.39 is 11.7 Å². The number of halogens is 1. The van der Waals surface area contributed by atoms with Gasteiger partial charge in [-0.3, -0.25) is 9.59 Å². The smallest absolute Gasteiger partial charge is 0.277 e. The Morgan fingerprint density at radius 2 is 1.95 bits per heavy atom. The molecule has 2 amide bonds. The molecule has 6 rings (SSSR count). The van der Waals surface area contributed by atoms with Gasteiger partial charge in [-0.2, -0.15) is 0 Å². The van der Waals surface area contributed by atoms with Gasteiger partial charge in [-0.25, -0.2) is 9.37 Å². The SMILES string of the molecule is Cc1cccc(C2c3cc(OCc4nc(C(=O)Nc5cccc(F)c5)co4)ccc3CCN2C(=O)C2CC2)c1. The Morgan fingerprint density at radius 3 is 2.74 bits per heavy atom. The van der Waals surface area contributed by atoms with Gasteiger partial charge in [0.25, 0.3) is 5.91 Å². The highest BCUT2D eigenvalue weighted by Gasteiger charge is 2.39. The first kappa shape index (κ1) is 24.9. The molecule has 0 radical (unpaired) electrons. The number of hydrogen-bond donors (Lipinski definition) is 1. The Morgan fingerprint density at radius 1 is 1.10 bits per heavy atom. The molecule has 4 aromatic rings. The topological polar surface area (TPSA) is 84.7 Å². The van der Waals surface area contributed by atoms with Gasteiger partial charge in [0.2, 0.25) is 11.8 Å². The molecule has 2 aliphatic rings. The van der Waals surface area contributed by atoms with Gasteiger partial charge in [-0.05, 0) is 73.2 Å². The summed E-state index contributed by atoms with van der Waals surface area (Å²) in [6.07, 6.45) is 3.96. The second-order valence-electron chi connectivity index (χ2n) is 10.1. The highest BCUT2D eigenvalue weighted by molar-refractivity contribution is 6.02. The zero-order valence-electron chi connectivity index (χ0n) is 21.5. The van der Waals surface area contributed by atoms with Gasteiger partial charge < -0.3 is 19.4 Å². The summed E-state index contributed by atoms with van der Waals surface area (Å²) in [5.74, 6) is 0.259. The molecule has 8 heteroatoms. The van der Waals surface area contributed by atoms with Crippen LogP contribution in [0.1, 0.15) is 57.5 Å². The van der Waals surface area contributed by atoms with Crippen molar-refractivity contribution in [3.8, 4) is 5.75 Å². The van der Waals surface area contributed by atoms with Crippen molar-refractivity contribution in [1.29, 1.82) is 0 Å². The lowest BCUT2D eigenvalue weighted by Crippen LogP contribution is -2.41. The zero-order valence-corrected chi connectivity index (χ0v) is 21.5. The van der Waals surface area contributed by atoms with Crippen LogP contribution in [-0.2, 0) is 17.8 Å². The fourth-order valence-electron chi connectivity index (χ4n) is 5.07. The highest BCUT2D eigenvalue weighted by atomic mass is 19.1. The van der Waals surface area contributed by atoms with Crippen LogP contribution in [0.3, 0.4) is 0 Å². The van der Waals surface area contributed by atoms with Crippen molar-refractivity contribution in [2.24, 2.45) is 5.92 Å². The number of hydrogen-bond acceptors (Lipinski definition) is 5. The van der Waals surface area contributed by atoms with Gasteiger partial charge in [-0.1, -0.05) is 42.0 Å². The van der Waals surface area contributed by atoms with E-state index in [2.05, 4.69) is 41.5 Å². The summed E-state index contributed by atoms with van der Waals surface area (Å²) in [7, 11) is 0. The number of oxazole rings is 1. The molecule has 39 heavy (non-hydrogen) atoms. The number of nitrogens with one attached hydrogen (secondary N) is 1. The number of rotatable bonds is 7. The van der Waals surface area contributed by atoms with E-state index in [0.717, 1.165) is 36.0 Å². The summed E-state index contributed by atoms with van der Waals surface area (Å²) in [6.45, 7) is 2.77. The number of ether oxygens (including phenoxy) is 1. The van der Waals surface area contributed by atoms with Crippen LogP contribution < -0.4 is 10.1 Å². The summed E-state index contributed by atoms with van der Waals surface area (Å²) in [6, 6.07) is 19.7. The Hall–Kier alpha value is -4.46. The molecule has 1 aromatic heterocycles. The Labute approximate surface area is 225 Å². The quantitative estimate of drug-likeness (QED) is 0.328. The van der Waals surface area contributed by atoms with Crippen molar-refractivity contribution in [2.75, 3.05) is 11.9 Å². The Kier molecular flexibility index (Phi) is 6.60. The molecule has 2 heterocycles. The van der Waals surface area contributed by atoms with Gasteiger partial charge in [0.05, 0.1) is 6.04 Å². The number of amides is 2. The van der Waals surface area contributed by atoms with Gasteiger partial charge >= 0.3 is 0 Å². The van der Waals surface area contributed by atoms with Crippen molar-refractivity contribution in [2.45, 2.75) is 38.8 Å². The maximum absolute atomic E-state index is 13.4. The first-order valence-electron chi connectivity index (χ1n) is 13.1. The van der Waals surface area contributed by atoms with Crippen molar-refractivity contribution in [1.82, 2.24) is 9.88 Å². The second-order valence-corrected chi connectivity index (χ2v) is 10.1. The van der Waals surface area contributed by atoms with Crippen LogP contribution in [0.25, 0.3) is 0 Å². The van der Waals surface area contributed by atoms with Crippen molar-refractivity contribution in [3.05, 3.63) is 113 Å². The maximum atomic E-state index is 13.4. The fraction of sp³-hybridized carbons (Fsp3) is 0.258. The third-order valence-corrected chi connectivity index (χ3v) is 7.14. The molecule has 1 N–H and O–H groups in total. The van der Waals surface area contributed by atoms with Crippen molar-refractivity contribution < 1.29 is 23.1 Å². The Balaban J connectivity index is 1.20. The standard InChI is InChI=1S/C31H28FN3O4/c1-19-4-2-5-22(14-19)29-26-16-25(11-10-20(26)12-13-35(29)31(37)21-8-9-21)38-18-28-34-27(17-39-28)30(36)33-24-7-3-6-23(32)15-24/h2-7,10-11,14-17,21,29H,8-9,12-13,18H2,1H3,(H,33,36). The number of fused-ring (bicyclic) bond motifs is 1. The first-order chi connectivity index (χ1) is 18.9. The average molecular weight is 526 g/mol. The third-order valence-electron chi connectivity index (χ3n) is 7.14. The first-order valence-corrected chi connectivity index (χ1v) is 13.1. The van der Waals surface area contributed by atoms with Crippen LogP contribution in [0.5, 0.6) is 5.75 Å². The zero-order chi connectivity index (χ0) is 26.9. The fourth-order valence-corrected chi connectivity index (χ4v) is 5.07. The van der Waals surface area contributed by atoms with Crippen LogP contribution in [0, 0.1) is 18.7 Å². The molecule has 3 aromatic carbocycles. The van der Waals surface area contributed by atoms with Gasteiger partial charge in [0.1, 0.15) is 17.8 Å². The minimum atomic E-state index is -0.509. The number of carbonyl (C=O) groups excluding carboxylic acids is 2. The predicted octanol–water partition coefficient (Wildman–Crippen LogP) is 5.84. The number of anilines is 1. The van der Waals surface area contributed by atoms with E-state index in [1.54, 1.807) is 6.07 Å². The number of aromatic nitrogens is 1. The lowest BCUT2D eigenvalue weighted by molar-refractivity contribution is -0.134. The average Bonchev–Trinajstić information content (AvgIpc) is 3.67. The highest BCUT2D eigenvalue weighted by Crippen LogP contribution is 2.41. The van der Waals surface area contributed by atoms with Crippen LogP contribution in [-0.4, -0.2) is 28.2 Å². The van der Waals surface area contributed by atoms with Crippen molar-refractivity contribution in [3.63, 3.8) is 0 Å². The van der Waals surface area contributed by atoms with Crippen LogP contribution in [0.2, 0.25) is 0 Å². The maximum Gasteiger partial charge on any atom is 0.277 e. The van der Waals surface area contributed by atoms with Crippen LogP contribution in [0.15, 0.2) is 77.4 Å². The minimum absolute atomic E-state index is 0.0197. The summed E-state index contributed by atoms with van der Waals surface area (Å²) in [5, 5.41) is 2.60. The summed E-state index contributed by atoms with van der Waals surface area (Å²) < 4.78 is 24.9. The molecular formula is C31H28FN3O4. The van der Waals surface area contributed by atoms with E-state index in [4.69, 9.17) is 9.15 Å². The van der Waals surface area contributed by atoms with Gasteiger partial charge in [0, 0.05) is 18.2 Å². The predicted molar refractivity (Wildman–Crippen MR) is 143 cm³/mol. The molecule has 198 valence electrons. The molecule has 1 saturated carbocycles. The van der Waals surface area contributed by atoms with Gasteiger partial charge in [-0.15, -0.1) is 0 Å². The molecule has 1 fully saturated rings. The second kappa shape index (κ2) is 10.4. The normalized spacial score (nSPS) is 16.5. The van der Waals surface area contributed by atoms with Crippen LogP contribution >= 0.6 is 0 Å². The minimum Gasteiger partial charge on any atom is -0.484 e. The van der Waals surface area contributed by atoms with Gasteiger partial charge in [0.15, 0.2) is 12.3 Å². The third kappa shape index (κ3) is 5.41. The van der Waals surface area contributed by atoms with E-state index in [0.29, 0.717) is 18.0 Å². The molecule has 0 saturated heterocycles. The molecule has 0 spiro atoms. The molecule has 1 unspecified atom stereocenters. The molecule has 0 bridgehead atoms. The lowest BCUT2D eigenvalue weighted by atomic mass is 9.87. The number of benzene rings is 3. The molecule has 1 atom stereocenters. The van der Waals surface area contributed by atoms with Crippen molar-refractivity contribution >= 4 is 17.5 Å². The monoisotopic (exact) mass is 525 g/mol. The molecule has 1 aliphatic heterocycles. The summed E-state index contributed by atoms with van der Waals surface area (Å²) in [4.78, 5) is 32.0. The van der Waals surface area contributed by atoms with E-state index in [-0.39, 0.29) is 36.1 Å². The van der Waals surface area contributed by atoms with E-state index in [9.17, 15) is 14.0 Å². The summed E-state index contributed by atoms with van der Waals surface area (Å²) in [5.41, 5.74) is 4.88. The number of nitrogens with zero attached hydrogens (tertiary/aromatic N) is 2. The number of carbonyl (C=O) groups is 2. The van der Waals surface area contributed by atoms with E-state index >= 15 is 0 Å². The molecule has 1 aliphatic carbocycles. The molecular weight excluding hydrogens is 497 g/mol. The Bertz CT molecular complexity index is 1540. The van der Waals surface area contributed by atoms with E-state index in [1.807, 2.05) is 23.1 Å². The summed E-state index contributed by atoms with van der Waals surface area (Å²) >= 11 is 0. The molecule has 7 nitrogen and oxygen atoms in total. The number of aryl methyl sites for hydroxylation is 1. The van der Waals surface area contributed by atoms with E-state index in [1.165, 1.54) is 30.0 Å². The largest absolute Gasteiger partial charge is 0.484 e.